The highest BCUT2D eigenvalue weighted by molar-refractivity contribution is 7.09. The number of thiazole rings is 1. The maximum absolute atomic E-state index is 12.0. The van der Waals surface area contributed by atoms with Gasteiger partial charge in [-0.2, -0.15) is 0 Å². The lowest BCUT2D eigenvalue weighted by molar-refractivity contribution is 0.0929. The lowest BCUT2D eigenvalue weighted by Crippen LogP contribution is -2.34. The minimum atomic E-state index is -0.158. The fourth-order valence-electron chi connectivity index (χ4n) is 2.32. The number of para-hydroxylation sites is 1. The molecule has 1 atom stereocenters. The average molecular weight is 303 g/mol. The first-order valence-electron chi connectivity index (χ1n) is 6.93. The van der Waals surface area contributed by atoms with E-state index in [-0.39, 0.29) is 12.0 Å². The van der Waals surface area contributed by atoms with Crippen LogP contribution < -0.4 is 15.8 Å². The molecule has 3 N–H and O–H groups in total. The molecule has 0 spiro atoms. The minimum Gasteiger partial charge on any atom is -0.488 e. The van der Waals surface area contributed by atoms with E-state index in [0.29, 0.717) is 25.2 Å². The number of hydrogen-bond acceptors (Lipinski definition) is 5. The van der Waals surface area contributed by atoms with Gasteiger partial charge >= 0.3 is 0 Å². The summed E-state index contributed by atoms with van der Waals surface area (Å²) in [7, 11) is 0. The van der Waals surface area contributed by atoms with Crippen LogP contribution in [0.1, 0.15) is 21.1 Å². The van der Waals surface area contributed by atoms with E-state index in [1.165, 1.54) is 16.9 Å². The number of amides is 1. The Morgan fingerprint density at radius 1 is 1.48 bits per heavy atom. The molecule has 1 aromatic carbocycles. The molecule has 1 aliphatic heterocycles. The van der Waals surface area contributed by atoms with Crippen molar-refractivity contribution in [3.05, 3.63) is 45.9 Å². The first kappa shape index (κ1) is 14.0. The second-order valence-electron chi connectivity index (χ2n) is 4.93. The van der Waals surface area contributed by atoms with Crippen molar-refractivity contribution in [3.63, 3.8) is 0 Å². The van der Waals surface area contributed by atoms with Crippen molar-refractivity contribution >= 4 is 17.2 Å². The number of aromatic nitrogens is 1. The highest BCUT2D eigenvalue weighted by atomic mass is 32.1. The van der Waals surface area contributed by atoms with E-state index >= 15 is 0 Å². The van der Waals surface area contributed by atoms with Crippen LogP contribution in [0.5, 0.6) is 5.75 Å². The van der Waals surface area contributed by atoms with Crippen molar-refractivity contribution in [1.82, 2.24) is 10.3 Å². The van der Waals surface area contributed by atoms with Crippen LogP contribution >= 0.6 is 11.3 Å². The van der Waals surface area contributed by atoms with E-state index in [9.17, 15) is 4.79 Å². The Balaban J connectivity index is 1.52. The lowest BCUT2D eigenvalue weighted by Gasteiger charge is -2.11. The van der Waals surface area contributed by atoms with E-state index in [1.807, 2.05) is 18.2 Å². The van der Waals surface area contributed by atoms with Crippen molar-refractivity contribution < 1.29 is 9.53 Å². The molecule has 0 bridgehead atoms. The SMILES string of the molecule is NCCc1nc(C(=O)NCC2Cc3ccccc3O2)cs1. The van der Waals surface area contributed by atoms with Gasteiger partial charge in [0.1, 0.15) is 17.5 Å². The largest absolute Gasteiger partial charge is 0.488 e. The van der Waals surface area contributed by atoms with Crippen LogP contribution in [0.3, 0.4) is 0 Å². The highest BCUT2D eigenvalue weighted by Crippen LogP contribution is 2.27. The molecule has 1 unspecified atom stereocenters. The number of fused-ring (bicyclic) bond motifs is 1. The number of rotatable bonds is 5. The molecular weight excluding hydrogens is 286 g/mol. The van der Waals surface area contributed by atoms with Crippen molar-refractivity contribution in [2.75, 3.05) is 13.1 Å². The number of ether oxygens (including phenoxy) is 1. The summed E-state index contributed by atoms with van der Waals surface area (Å²) in [6.07, 6.45) is 1.53. The second-order valence-corrected chi connectivity index (χ2v) is 5.87. The Morgan fingerprint density at radius 2 is 2.33 bits per heavy atom. The smallest absolute Gasteiger partial charge is 0.270 e. The molecule has 110 valence electrons. The molecular formula is C15H17N3O2S. The van der Waals surface area contributed by atoms with E-state index in [1.54, 1.807) is 5.38 Å². The Morgan fingerprint density at radius 3 is 3.14 bits per heavy atom. The highest BCUT2D eigenvalue weighted by Gasteiger charge is 2.23. The third-order valence-electron chi connectivity index (χ3n) is 3.35. The molecule has 2 heterocycles. The van der Waals surface area contributed by atoms with Crippen molar-refractivity contribution in [2.24, 2.45) is 5.73 Å². The van der Waals surface area contributed by atoms with Gasteiger partial charge in [-0.05, 0) is 18.2 Å². The minimum absolute atomic E-state index is 0.00602. The summed E-state index contributed by atoms with van der Waals surface area (Å²) in [4.78, 5) is 16.3. The van der Waals surface area contributed by atoms with Crippen molar-refractivity contribution in [1.29, 1.82) is 0 Å². The van der Waals surface area contributed by atoms with Gasteiger partial charge in [0.2, 0.25) is 0 Å². The number of nitrogens with two attached hydrogens (primary N) is 1. The van der Waals surface area contributed by atoms with Gasteiger partial charge in [0, 0.05) is 18.2 Å². The molecule has 0 fully saturated rings. The van der Waals surface area contributed by atoms with Gasteiger partial charge in [-0.1, -0.05) is 18.2 Å². The van der Waals surface area contributed by atoms with Crippen LogP contribution in [0, 0.1) is 0 Å². The molecule has 6 heteroatoms. The molecule has 3 rings (SSSR count). The van der Waals surface area contributed by atoms with E-state index in [4.69, 9.17) is 10.5 Å². The third kappa shape index (κ3) is 3.22. The lowest BCUT2D eigenvalue weighted by atomic mass is 10.1. The normalized spacial score (nSPS) is 16.3. The zero-order valence-electron chi connectivity index (χ0n) is 11.5. The monoisotopic (exact) mass is 303 g/mol. The molecule has 0 radical (unpaired) electrons. The number of benzene rings is 1. The van der Waals surface area contributed by atoms with Gasteiger partial charge < -0.3 is 15.8 Å². The fourth-order valence-corrected chi connectivity index (χ4v) is 3.11. The molecule has 2 aromatic rings. The quantitative estimate of drug-likeness (QED) is 0.875. The molecule has 0 saturated carbocycles. The van der Waals surface area contributed by atoms with Crippen LogP contribution in [-0.2, 0) is 12.8 Å². The Hall–Kier alpha value is -1.92. The Labute approximate surface area is 127 Å². The van der Waals surface area contributed by atoms with Crippen LogP contribution in [0.2, 0.25) is 0 Å². The van der Waals surface area contributed by atoms with Gasteiger partial charge in [0.15, 0.2) is 0 Å². The summed E-state index contributed by atoms with van der Waals surface area (Å²) in [6, 6.07) is 7.96. The van der Waals surface area contributed by atoms with Crippen molar-refractivity contribution in [3.8, 4) is 5.75 Å². The second kappa shape index (κ2) is 6.24. The number of hydrogen-bond donors (Lipinski definition) is 2. The predicted octanol–water partition coefficient (Wildman–Crippen LogP) is 1.38. The number of nitrogens with one attached hydrogen (secondary N) is 1. The number of carbonyl (C=O) groups is 1. The first-order valence-corrected chi connectivity index (χ1v) is 7.81. The molecule has 1 aromatic heterocycles. The Bertz CT molecular complexity index is 616. The first-order chi connectivity index (χ1) is 10.3. The standard InChI is InChI=1S/C15H17N3O2S/c16-6-5-14-18-12(9-21-14)15(19)17-8-11-7-10-3-1-2-4-13(10)20-11/h1-4,9,11H,5-8,16H2,(H,17,19). The molecule has 0 aliphatic carbocycles. The number of nitrogens with zero attached hydrogens (tertiary/aromatic N) is 1. The summed E-state index contributed by atoms with van der Waals surface area (Å²) in [5, 5.41) is 5.54. The summed E-state index contributed by atoms with van der Waals surface area (Å²) in [5.74, 6) is 0.754. The fraction of sp³-hybridized carbons (Fsp3) is 0.333. The predicted molar refractivity (Wildman–Crippen MR) is 81.8 cm³/mol. The van der Waals surface area contributed by atoms with Gasteiger partial charge in [0.05, 0.1) is 11.6 Å². The van der Waals surface area contributed by atoms with Gasteiger partial charge in [0.25, 0.3) is 5.91 Å². The van der Waals surface area contributed by atoms with E-state index in [0.717, 1.165) is 17.2 Å². The molecule has 5 nitrogen and oxygen atoms in total. The zero-order valence-corrected chi connectivity index (χ0v) is 12.4. The van der Waals surface area contributed by atoms with Gasteiger partial charge in [-0.15, -0.1) is 11.3 Å². The van der Waals surface area contributed by atoms with Gasteiger partial charge in [-0.25, -0.2) is 4.98 Å². The van der Waals surface area contributed by atoms with E-state index < -0.39 is 0 Å². The van der Waals surface area contributed by atoms with Crippen LogP contribution in [0.25, 0.3) is 0 Å². The van der Waals surface area contributed by atoms with Crippen LogP contribution in [-0.4, -0.2) is 30.1 Å². The maximum Gasteiger partial charge on any atom is 0.270 e. The Kier molecular flexibility index (Phi) is 4.17. The summed E-state index contributed by atoms with van der Waals surface area (Å²) in [6.45, 7) is 1.03. The molecule has 0 saturated heterocycles. The summed E-state index contributed by atoms with van der Waals surface area (Å²) >= 11 is 1.47. The van der Waals surface area contributed by atoms with Crippen LogP contribution in [0.4, 0.5) is 0 Å². The zero-order chi connectivity index (χ0) is 14.7. The topological polar surface area (TPSA) is 77.2 Å². The van der Waals surface area contributed by atoms with E-state index in [2.05, 4.69) is 16.4 Å². The van der Waals surface area contributed by atoms with Crippen LogP contribution in [0.15, 0.2) is 29.6 Å². The molecule has 21 heavy (non-hydrogen) atoms. The maximum atomic E-state index is 12.0. The molecule has 1 amide bonds. The van der Waals surface area contributed by atoms with Crippen molar-refractivity contribution in [2.45, 2.75) is 18.9 Å². The summed E-state index contributed by atoms with van der Waals surface area (Å²) < 4.78 is 5.79. The number of carbonyl (C=O) groups excluding carboxylic acids is 1. The van der Waals surface area contributed by atoms with Gasteiger partial charge in [-0.3, -0.25) is 4.79 Å². The summed E-state index contributed by atoms with van der Waals surface area (Å²) in [5.41, 5.74) is 7.13. The molecule has 1 aliphatic rings. The average Bonchev–Trinajstić information content (AvgIpc) is 3.11. The third-order valence-corrected chi connectivity index (χ3v) is 4.26.